The molecular weight excluding hydrogens is 338 g/mol. The number of aromatic nitrogens is 4. The van der Waals surface area contributed by atoms with E-state index in [1.165, 1.54) is 5.56 Å². The zero-order valence-electron chi connectivity index (χ0n) is 15.3. The van der Waals surface area contributed by atoms with Crippen LogP contribution in [0.1, 0.15) is 17.8 Å². The highest BCUT2D eigenvalue weighted by Gasteiger charge is 2.43. The molecule has 3 aromatic rings. The van der Waals surface area contributed by atoms with Gasteiger partial charge in [0.05, 0.1) is 6.54 Å². The highest BCUT2D eigenvalue weighted by atomic mass is 16.5. The second-order valence-corrected chi connectivity index (χ2v) is 7.50. The summed E-state index contributed by atoms with van der Waals surface area (Å²) in [6.07, 6.45) is 5.73. The monoisotopic (exact) mass is 361 g/mol. The first-order valence-electron chi connectivity index (χ1n) is 9.54. The van der Waals surface area contributed by atoms with Crippen LogP contribution in [-0.4, -0.2) is 49.9 Å². The molecule has 2 aliphatic heterocycles. The molecule has 1 aromatic carbocycles. The van der Waals surface area contributed by atoms with Crippen LogP contribution in [0.2, 0.25) is 0 Å². The van der Waals surface area contributed by atoms with E-state index < -0.39 is 0 Å². The molecule has 0 amide bonds. The fourth-order valence-electron chi connectivity index (χ4n) is 4.17. The molecule has 0 radical (unpaired) electrons. The van der Waals surface area contributed by atoms with Crippen LogP contribution in [0.15, 0.2) is 54.9 Å². The van der Waals surface area contributed by atoms with Crippen molar-refractivity contribution >= 4 is 0 Å². The van der Waals surface area contributed by atoms with Gasteiger partial charge in [-0.3, -0.25) is 9.88 Å². The quantitative estimate of drug-likeness (QED) is 0.715. The summed E-state index contributed by atoms with van der Waals surface area (Å²) >= 11 is 0. The van der Waals surface area contributed by atoms with Crippen molar-refractivity contribution in [3.05, 3.63) is 66.2 Å². The van der Waals surface area contributed by atoms with Crippen LogP contribution in [0.3, 0.4) is 0 Å². The third-order valence-corrected chi connectivity index (χ3v) is 5.67. The van der Waals surface area contributed by atoms with E-state index in [9.17, 15) is 0 Å². The standard InChI is InChI=1S/C21H23N5O/c1-2-4-17(5-3-1)8-12-25-13-9-21(15-25)16-26-19(14-27-21)23-24-20(26)18-6-10-22-11-7-18/h1-7,10-11H,8-9,12-16H2. The van der Waals surface area contributed by atoms with E-state index in [0.29, 0.717) is 6.61 Å². The third kappa shape index (κ3) is 3.26. The van der Waals surface area contributed by atoms with E-state index in [1.54, 1.807) is 12.4 Å². The first-order valence-corrected chi connectivity index (χ1v) is 9.54. The van der Waals surface area contributed by atoms with Crippen LogP contribution in [0.5, 0.6) is 0 Å². The van der Waals surface area contributed by atoms with Crippen molar-refractivity contribution in [1.82, 2.24) is 24.6 Å². The van der Waals surface area contributed by atoms with Gasteiger partial charge in [0.15, 0.2) is 11.6 Å². The number of pyridine rings is 1. The summed E-state index contributed by atoms with van der Waals surface area (Å²) in [5, 5.41) is 8.75. The molecule has 0 saturated carbocycles. The minimum absolute atomic E-state index is 0.131. The summed E-state index contributed by atoms with van der Waals surface area (Å²) in [6.45, 7) is 4.46. The molecule has 1 unspecified atom stereocenters. The minimum Gasteiger partial charge on any atom is -0.364 e. The Balaban J connectivity index is 1.30. The van der Waals surface area contributed by atoms with Crippen LogP contribution in [0, 0.1) is 0 Å². The number of hydrogen-bond donors (Lipinski definition) is 0. The molecule has 4 heterocycles. The molecule has 0 aliphatic carbocycles. The second kappa shape index (κ2) is 6.87. The van der Waals surface area contributed by atoms with Crippen LogP contribution in [0.4, 0.5) is 0 Å². The maximum Gasteiger partial charge on any atom is 0.164 e. The average Bonchev–Trinajstić information content (AvgIpc) is 3.32. The average molecular weight is 361 g/mol. The van der Waals surface area contributed by atoms with Gasteiger partial charge in [-0.1, -0.05) is 30.3 Å². The van der Waals surface area contributed by atoms with Crippen molar-refractivity contribution in [3.63, 3.8) is 0 Å². The topological polar surface area (TPSA) is 56.1 Å². The molecule has 1 saturated heterocycles. The van der Waals surface area contributed by atoms with Crippen molar-refractivity contribution in [2.45, 2.75) is 31.6 Å². The highest BCUT2D eigenvalue weighted by molar-refractivity contribution is 5.54. The number of nitrogens with zero attached hydrogens (tertiary/aromatic N) is 5. The molecule has 6 heteroatoms. The van der Waals surface area contributed by atoms with Gasteiger partial charge in [0.1, 0.15) is 12.2 Å². The van der Waals surface area contributed by atoms with Gasteiger partial charge in [-0.25, -0.2) is 0 Å². The Morgan fingerprint density at radius 3 is 2.70 bits per heavy atom. The summed E-state index contributed by atoms with van der Waals surface area (Å²) in [5.74, 6) is 1.83. The van der Waals surface area contributed by atoms with Crippen LogP contribution < -0.4 is 0 Å². The zero-order chi connectivity index (χ0) is 18.1. The van der Waals surface area contributed by atoms with Gasteiger partial charge < -0.3 is 9.30 Å². The van der Waals surface area contributed by atoms with E-state index >= 15 is 0 Å². The van der Waals surface area contributed by atoms with Crippen molar-refractivity contribution in [1.29, 1.82) is 0 Å². The van der Waals surface area contributed by atoms with E-state index in [-0.39, 0.29) is 5.60 Å². The number of fused-ring (bicyclic) bond motifs is 1. The molecule has 2 aromatic heterocycles. The number of hydrogen-bond acceptors (Lipinski definition) is 5. The molecule has 1 spiro atoms. The predicted octanol–water partition coefficient (Wildman–Crippen LogP) is 2.56. The lowest BCUT2D eigenvalue weighted by molar-refractivity contribution is -0.0817. The Kier molecular flexibility index (Phi) is 4.22. The van der Waals surface area contributed by atoms with Crippen LogP contribution in [0.25, 0.3) is 11.4 Å². The van der Waals surface area contributed by atoms with E-state index in [2.05, 4.69) is 55.0 Å². The molecule has 27 heavy (non-hydrogen) atoms. The Morgan fingerprint density at radius 1 is 1.00 bits per heavy atom. The molecule has 0 bridgehead atoms. The lowest BCUT2D eigenvalue weighted by Gasteiger charge is -2.34. The Labute approximate surface area is 158 Å². The fraction of sp³-hybridized carbons (Fsp3) is 0.381. The summed E-state index contributed by atoms with van der Waals surface area (Å²) in [4.78, 5) is 6.63. The van der Waals surface area contributed by atoms with Crippen molar-refractivity contribution in [3.8, 4) is 11.4 Å². The maximum absolute atomic E-state index is 6.31. The normalized spacial score (nSPS) is 22.2. The summed E-state index contributed by atoms with van der Waals surface area (Å²) < 4.78 is 8.54. The molecule has 2 aliphatic rings. The van der Waals surface area contributed by atoms with Crippen molar-refractivity contribution in [2.24, 2.45) is 0 Å². The third-order valence-electron chi connectivity index (χ3n) is 5.67. The van der Waals surface area contributed by atoms with Crippen molar-refractivity contribution in [2.75, 3.05) is 19.6 Å². The number of likely N-dealkylation sites (tertiary alicyclic amines) is 1. The predicted molar refractivity (Wildman–Crippen MR) is 102 cm³/mol. The molecule has 6 nitrogen and oxygen atoms in total. The minimum atomic E-state index is -0.131. The van der Waals surface area contributed by atoms with Gasteiger partial charge in [0.25, 0.3) is 0 Å². The van der Waals surface area contributed by atoms with Crippen molar-refractivity contribution < 1.29 is 4.74 Å². The van der Waals surface area contributed by atoms with Gasteiger partial charge in [0, 0.05) is 37.6 Å². The Hall–Kier alpha value is -2.57. The fourth-order valence-corrected chi connectivity index (χ4v) is 4.17. The van der Waals surface area contributed by atoms with Gasteiger partial charge in [-0.15, -0.1) is 10.2 Å². The smallest absolute Gasteiger partial charge is 0.164 e. The molecule has 138 valence electrons. The summed E-state index contributed by atoms with van der Waals surface area (Å²) in [5.41, 5.74) is 2.32. The Morgan fingerprint density at radius 2 is 1.85 bits per heavy atom. The van der Waals surface area contributed by atoms with Crippen LogP contribution >= 0.6 is 0 Å². The lowest BCUT2D eigenvalue weighted by atomic mass is 10.0. The number of benzene rings is 1. The molecule has 1 fully saturated rings. The second-order valence-electron chi connectivity index (χ2n) is 7.50. The molecular formula is C21H23N5O. The molecule has 0 N–H and O–H groups in total. The van der Waals surface area contributed by atoms with Crippen LogP contribution in [-0.2, 0) is 24.3 Å². The highest BCUT2D eigenvalue weighted by Crippen LogP contribution is 2.34. The zero-order valence-corrected chi connectivity index (χ0v) is 15.3. The summed E-state index contributed by atoms with van der Waals surface area (Å²) in [6, 6.07) is 14.7. The van der Waals surface area contributed by atoms with Gasteiger partial charge >= 0.3 is 0 Å². The van der Waals surface area contributed by atoms with E-state index in [4.69, 9.17) is 4.74 Å². The number of rotatable bonds is 4. The maximum atomic E-state index is 6.31. The summed E-state index contributed by atoms with van der Waals surface area (Å²) in [7, 11) is 0. The molecule has 1 atom stereocenters. The SMILES string of the molecule is c1ccc(CCN2CCC3(C2)Cn2c(nnc2-c2ccncc2)CO3)cc1. The van der Waals surface area contributed by atoms with Gasteiger partial charge in [-0.05, 0) is 30.5 Å². The van der Waals surface area contributed by atoms with Gasteiger partial charge in [0.2, 0.25) is 0 Å². The Bertz CT molecular complexity index is 911. The lowest BCUT2D eigenvalue weighted by Crippen LogP contribution is -2.44. The largest absolute Gasteiger partial charge is 0.364 e. The van der Waals surface area contributed by atoms with E-state index in [0.717, 1.165) is 56.2 Å². The first kappa shape index (κ1) is 16.6. The number of ether oxygens (including phenoxy) is 1. The van der Waals surface area contributed by atoms with Gasteiger partial charge in [-0.2, -0.15) is 0 Å². The molecule has 5 rings (SSSR count). The van der Waals surface area contributed by atoms with E-state index in [1.807, 2.05) is 12.1 Å². The first-order chi connectivity index (χ1) is 13.3.